The predicted molar refractivity (Wildman–Crippen MR) is 126 cm³/mol. The standard InChI is InChI=1S/C26H29N3O4/c1-3-27(4-2)18-23(30)33-22-17-11-16-21-24(22)26(32)29(20-14-9-6-10-15-20)28(25(21)31)19-12-7-5-8-13-19/h5-10,12-16,22,24H,3-4,11,17-18H2,1-2H3. The van der Waals surface area contributed by atoms with E-state index in [0.717, 1.165) is 13.1 Å². The SMILES string of the molecule is CCN(CC)CC(=O)OC1CCC=C2C(=O)N(c3ccccc3)N(c3ccccc3)C(=O)C21. The third-order valence-corrected chi connectivity index (χ3v) is 6.17. The molecule has 33 heavy (non-hydrogen) atoms. The fraction of sp³-hybridized carbons (Fsp3) is 0.346. The summed E-state index contributed by atoms with van der Waals surface area (Å²) in [6.07, 6.45) is 2.22. The summed E-state index contributed by atoms with van der Waals surface area (Å²) in [6, 6.07) is 18.2. The number of ether oxygens (including phenoxy) is 1. The smallest absolute Gasteiger partial charge is 0.320 e. The molecular weight excluding hydrogens is 418 g/mol. The summed E-state index contributed by atoms with van der Waals surface area (Å²) < 4.78 is 5.80. The summed E-state index contributed by atoms with van der Waals surface area (Å²) in [6.45, 7) is 5.59. The molecule has 1 heterocycles. The number of carbonyl (C=O) groups is 3. The van der Waals surface area contributed by atoms with Crippen molar-refractivity contribution < 1.29 is 19.1 Å². The van der Waals surface area contributed by atoms with Crippen molar-refractivity contribution in [1.82, 2.24) is 4.90 Å². The van der Waals surface area contributed by atoms with Crippen LogP contribution in [0, 0.1) is 5.92 Å². The summed E-state index contributed by atoms with van der Waals surface area (Å²) >= 11 is 0. The molecule has 1 fully saturated rings. The third kappa shape index (κ3) is 4.54. The molecule has 2 atom stereocenters. The van der Waals surface area contributed by atoms with E-state index in [1.165, 1.54) is 10.0 Å². The van der Waals surface area contributed by atoms with Gasteiger partial charge in [0.15, 0.2) is 0 Å². The Morgan fingerprint density at radius 3 is 2.09 bits per heavy atom. The molecule has 0 radical (unpaired) electrons. The highest BCUT2D eigenvalue weighted by molar-refractivity contribution is 6.20. The first kappa shape index (κ1) is 22.7. The van der Waals surface area contributed by atoms with E-state index in [1.807, 2.05) is 61.2 Å². The minimum Gasteiger partial charge on any atom is -0.460 e. The average Bonchev–Trinajstić information content (AvgIpc) is 2.85. The lowest BCUT2D eigenvalue weighted by Crippen LogP contribution is -2.62. The minimum atomic E-state index is -0.827. The van der Waals surface area contributed by atoms with Gasteiger partial charge < -0.3 is 4.74 Å². The minimum absolute atomic E-state index is 0.163. The van der Waals surface area contributed by atoms with Gasteiger partial charge in [0.25, 0.3) is 11.8 Å². The van der Waals surface area contributed by atoms with Crippen LogP contribution >= 0.6 is 0 Å². The fourth-order valence-electron chi connectivity index (χ4n) is 4.43. The summed E-state index contributed by atoms with van der Waals surface area (Å²) in [5.74, 6) is -1.76. The maximum absolute atomic E-state index is 13.9. The van der Waals surface area contributed by atoms with Gasteiger partial charge in [-0.15, -0.1) is 0 Å². The molecule has 0 aromatic heterocycles. The second-order valence-electron chi connectivity index (χ2n) is 8.14. The zero-order chi connectivity index (χ0) is 23.4. The largest absolute Gasteiger partial charge is 0.460 e. The van der Waals surface area contributed by atoms with Crippen molar-refractivity contribution >= 4 is 29.2 Å². The number of hydrogen-bond acceptors (Lipinski definition) is 5. The molecular formula is C26H29N3O4. The summed E-state index contributed by atoms with van der Waals surface area (Å²) in [5.41, 5.74) is 1.57. The first-order valence-corrected chi connectivity index (χ1v) is 11.5. The van der Waals surface area contributed by atoms with Crippen LogP contribution in [-0.4, -0.2) is 48.4 Å². The number of allylic oxidation sites excluding steroid dienone is 1. The Hall–Kier alpha value is -3.45. The Kier molecular flexibility index (Phi) is 6.89. The van der Waals surface area contributed by atoms with Gasteiger partial charge in [0, 0.05) is 5.57 Å². The number of esters is 1. The molecule has 0 bridgehead atoms. The molecule has 2 aromatic rings. The Morgan fingerprint density at radius 2 is 1.52 bits per heavy atom. The van der Waals surface area contributed by atoms with Crippen molar-refractivity contribution in [1.29, 1.82) is 0 Å². The first-order valence-electron chi connectivity index (χ1n) is 11.5. The predicted octanol–water partition coefficient (Wildman–Crippen LogP) is 3.57. The molecule has 4 rings (SSSR count). The number of amides is 2. The molecule has 172 valence electrons. The lowest BCUT2D eigenvalue weighted by molar-refractivity contribution is -0.155. The molecule has 7 nitrogen and oxygen atoms in total. The molecule has 0 spiro atoms. The molecule has 0 saturated carbocycles. The zero-order valence-electron chi connectivity index (χ0n) is 19.0. The summed E-state index contributed by atoms with van der Waals surface area (Å²) in [5, 5.41) is 2.83. The van der Waals surface area contributed by atoms with E-state index in [4.69, 9.17) is 4.74 Å². The van der Waals surface area contributed by atoms with E-state index in [9.17, 15) is 14.4 Å². The zero-order valence-corrected chi connectivity index (χ0v) is 19.0. The van der Waals surface area contributed by atoms with Crippen molar-refractivity contribution in [2.45, 2.75) is 32.8 Å². The molecule has 1 aliphatic carbocycles. The molecule has 2 aliphatic rings. The van der Waals surface area contributed by atoms with Crippen LogP contribution in [0.25, 0.3) is 0 Å². The van der Waals surface area contributed by atoms with E-state index in [0.29, 0.717) is 29.8 Å². The molecule has 7 heteroatoms. The molecule has 0 N–H and O–H groups in total. The Labute approximate surface area is 194 Å². The van der Waals surface area contributed by atoms with Crippen LogP contribution in [0.1, 0.15) is 26.7 Å². The molecule has 2 amide bonds. The number of hydrogen-bond donors (Lipinski definition) is 0. The molecule has 2 unspecified atom stereocenters. The van der Waals surface area contributed by atoms with Gasteiger partial charge in [-0.3, -0.25) is 19.3 Å². The van der Waals surface area contributed by atoms with Crippen molar-refractivity contribution in [3.63, 3.8) is 0 Å². The number of hydrazine groups is 1. The van der Waals surface area contributed by atoms with Crippen molar-refractivity contribution in [3.8, 4) is 0 Å². The summed E-state index contributed by atoms with van der Waals surface area (Å²) in [4.78, 5) is 42.2. The number of rotatable bonds is 7. The number of carbonyl (C=O) groups excluding carboxylic acids is 3. The number of benzene rings is 2. The second kappa shape index (κ2) is 10.0. The summed E-state index contributed by atoms with van der Waals surface area (Å²) in [7, 11) is 0. The second-order valence-corrected chi connectivity index (χ2v) is 8.14. The third-order valence-electron chi connectivity index (χ3n) is 6.17. The maximum atomic E-state index is 13.9. The van der Waals surface area contributed by atoms with E-state index in [-0.39, 0.29) is 24.3 Å². The quantitative estimate of drug-likeness (QED) is 0.607. The van der Waals surface area contributed by atoms with Crippen LogP contribution in [-0.2, 0) is 19.1 Å². The first-order chi connectivity index (χ1) is 16.0. The van der Waals surface area contributed by atoms with Gasteiger partial charge in [0.05, 0.1) is 17.9 Å². The van der Waals surface area contributed by atoms with E-state index >= 15 is 0 Å². The Bertz CT molecular complexity index is 1030. The lowest BCUT2D eigenvalue weighted by atomic mass is 9.82. The van der Waals surface area contributed by atoms with Crippen LogP contribution in [0.4, 0.5) is 11.4 Å². The topological polar surface area (TPSA) is 70.2 Å². The van der Waals surface area contributed by atoms with Crippen molar-refractivity contribution in [2.24, 2.45) is 5.92 Å². The van der Waals surface area contributed by atoms with Crippen LogP contribution in [0.15, 0.2) is 72.3 Å². The van der Waals surface area contributed by atoms with Crippen LogP contribution in [0.2, 0.25) is 0 Å². The van der Waals surface area contributed by atoms with Crippen molar-refractivity contribution in [2.75, 3.05) is 29.7 Å². The van der Waals surface area contributed by atoms with Gasteiger partial charge in [-0.05, 0) is 50.2 Å². The average molecular weight is 448 g/mol. The van der Waals surface area contributed by atoms with Crippen molar-refractivity contribution in [3.05, 3.63) is 72.3 Å². The van der Waals surface area contributed by atoms with Gasteiger partial charge in [-0.2, -0.15) is 0 Å². The Morgan fingerprint density at radius 1 is 0.939 bits per heavy atom. The normalized spacial score (nSPS) is 20.5. The highest BCUT2D eigenvalue weighted by Gasteiger charge is 2.49. The van der Waals surface area contributed by atoms with Gasteiger partial charge in [0.2, 0.25) is 0 Å². The van der Waals surface area contributed by atoms with Crippen LogP contribution in [0.5, 0.6) is 0 Å². The number of anilines is 2. The molecule has 2 aromatic carbocycles. The highest BCUT2D eigenvalue weighted by atomic mass is 16.5. The monoisotopic (exact) mass is 447 g/mol. The molecule has 1 aliphatic heterocycles. The number of para-hydroxylation sites is 2. The van der Waals surface area contributed by atoms with Gasteiger partial charge in [-0.1, -0.05) is 56.3 Å². The van der Waals surface area contributed by atoms with E-state index < -0.39 is 12.0 Å². The van der Waals surface area contributed by atoms with Gasteiger partial charge >= 0.3 is 5.97 Å². The number of fused-ring (bicyclic) bond motifs is 1. The maximum Gasteiger partial charge on any atom is 0.320 e. The highest BCUT2D eigenvalue weighted by Crippen LogP contribution is 2.39. The van der Waals surface area contributed by atoms with Gasteiger partial charge in [-0.25, -0.2) is 10.0 Å². The Balaban J connectivity index is 1.69. The van der Waals surface area contributed by atoms with E-state index in [1.54, 1.807) is 24.3 Å². The van der Waals surface area contributed by atoms with Crippen LogP contribution < -0.4 is 10.0 Å². The lowest BCUT2D eigenvalue weighted by Gasteiger charge is -2.45. The molecule has 1 saturated heterocycles. The number of nitrogens with zero attached hydrogens (tertiary/aromatic N) is 3. The van der Waals surface area contributed by atoms with Crippen LogP contribution in [0.3, 0.4) is 0 Å². The van der Waals surface area contributed by atoms with Gasteiger partial charge in [0.1, 0.15) is 12.0 Å². The fourth-order valence-corrected chi connectivity index (χ4v) is 4.43. The number of likely N-dealkylation sites (N-methyl/N-ethyl adjacent to an activating group) is 1. The van der Waals surface area contributed by atoms with E-state index in [2.05, 4.69) is 0 Å².